The fourth-order valence-electron chi connectivity index (χ4n) is 2.19. The summed E-state index contributed by atoms with van der Waals surface area (Å²) in [5, 5.41) is 5.73. The molecule has 0 saturated heterocycles. The predicted octanol–water partition coefficient (Wildman–Crippen LogP) is 3.09. The normalized spacial score (nSPS) is 12.7. The quantitative estimate of drug-likeness (QED) is 0.674. The molecule has 0 radical (unpaired) electrons. The number of benzene rings is 1. The monoisotopic (exact) mass is 312 g/mol. The van der Waals surface area contributed by atoms with Crippen LogP contribution in [0.2, 0.25) is 10.0 Å². The number of hydrogen-bond acceptors (Lipinski definition) is 3. The van der Waals surface area contributed by atoms with Crippen molar-refractivity contribution >= 4 is 23.2 Å². The van der Waals surface area contributed by atoms with Gasteiger partial charge in [-0.05, 0) is 31.0 Å². The molecule has 0 amide bonds. The molecular formula is C14H18Cl2N4. The summed E-state index contributed by atoms with van der Waals surface area (Å²) in [5.74, 6) is 5.68. The predicted molar refractivity (Wildman–Crippen MR) is 82.9 cm³/mol. The Hall–Kier alpha value is -1.07. The summed E-state index contributed by atoms with van der Waals surface area (Å²) in [7, 11) is 1.88. The van der Waals surface area contributed by atoms with Gasteiger partial charge in [0.15, 0.2) is 0 Å². The molecule has 4 nitrogen and oxygen atoms in total. The first-order valence-electron chi connectivity index (χ1n) is 6.34. The third kappa shape index (κ3) is 2.99. The van der Waals surface area contributed by atoms with Crippen LogP contribution in [-0.4, -0.2) is 9.78 Å². The smallest absolute Gasteiger partial charge is 0.0847 e. The second kappa shape index (κ2) is 6.14. The zero-order valence-electron chi connectivity index (χ0n) is 11.7. The Morgan fingerprint density at radius 1 is 1.35 bits per heavy atom. The molecule has 0 aliphatic heterocycles. The number of nitrogens with zero attached hydrogens (tertiary/aromatic N) is 2. The zero-order valence-corrected chi connectivity index (χ0v) is 13.3. The molecule has 1 aromatic carbocycles. The molecule has 1 unspecified atom stereocenters. The molecule has 1 heterocycles. The number of hydrazine groups is 1. The number of hydrogen-bond donors (Lipinski definition) is 2. The van der Waals surface area contributed by atoms with Crippen LogP contribution in [-0.2, 0) is 13.5 Å². The van der Waals surface area contributed by atoms with Gasteiger partial charge >= 0.3 is 0 Å². The molecule has 1 atom stereocenters. The Morgan fingerprint density at radius 3 is 2.55 bits per heavy atom. The SMILES string of the molecule is Cc1ccc(C(Cc2c(Cl)c(C)nn2C)NN)cc1Cl. The van der Waals surface area contributed by atoms with Crippen LogP contribution in [0.15, 0.2) is 18.2 Å². The molecule has 0 spiro atoms. The summed E-state index contributed by atoms with van der Waals surface area (Å²) in [5.41, 5.74) is 6.66. The fraction of sp³-hybridized carbons (Fsp3) is 0.357. The van der Waals surface area contributed by atoms with Crippen LogP contribution >= 0.6 is 23.2 Å². The van der Waals surface area contributed by atoms with Crippen molar-refractivity contribution in [2.45, 2.75) is 26.3 Å². The Balaban J connectivity index is 2.31. The van der Waals surface area contributed by atoms with Gasteiger partial charge in [-0.1, -0.05) is 35.3 Å². The molecular weight excluding hydrogens is 295 g/mol. The van der Waals surface area contributed by atoms with E-state index in [1.165, 1.54) is 0 Å². The highest BCUT2D eigenvalue weighted by atomic mass is 35.5. The lowest BCUT2D eigenvalue weighted by Gasteiger charge is -2.17. The summed E-state index contributed by atoms with van der Waals surface area (Å²) in [4.78, 5) is 0. The lowest BCUT2D eigenvalue weighted by molar-refractivity contribution is 0.530. The summed E-state index contributed by atoms with van der Waals surface area (Å²) in [6.45, 7) is 3.86. The summed E-state index contributed by atoms with van der Waals surface area (Å²) in [6.07, 6.45) is 0.645. The Bertz CT molecular complexity index is 622. The van der Waals surface area contributed by atoms with Gasteiger partial charge in [-0.15, -0.1) is 0 Å². The molecule has 6 heteroatoms. The molecule has 3 N–H and O–H groups in total. The highest BCUT2D eigenvalue weighted by Gasteiger charge is 2.18. The third-order valence-corrected chi connectivity index (χ3v) is 4.36. The topological polar surface area (TPSA) is 55.9 Å². The van der Waals surface area contributed by atoms with Gasteiger partial charge in [-0.3, -0.25) is 16.0 Å². The van der Waals surface area contributed by atoms with E-state index in [0.717, 1.165) is 27.5 Å². The zero-order chi connectivity index (χ0) is 14.9. The number of nitrogens with one attached hydrogen (secondary N) is 1. The van der Waals surface area contributed by atoms with Crippen LogP contribution in [0.3, 0.4) is 0 Å². The Labute approximate surface area is 128 Å². The molecule has 2 rings (SSSR count). The van der Waals surface area contributed by atoms with E-state index in [9.17, 15) is 0 Å². The van der Waals surface area contributed by atoms with Crippen molar-refractivity contribution in [3.63, 3.8) is 0 Å². The molecule has 20 heavy (non-hydrogen) atoms. The van der Waals surface area contributed by atoms with Crippen molar-refractivity contribution in [2.75, 3.05) is 0 Å². The summed E-state index contributed by atoms with van der Waals surface area (Å²) in [6, 6.07) is 5.86. The van der Waals surface area contributed by atoms with E-state index in [0.29, 0.717) is 11.4 Å². The molecule has 1 aromatic heterocycles. The van der Waals surface area contributed by atoms with Crippen molar-refractivity contribution < 1.29 is 0 Å². The maximum absolute atomic E-state index is 6.28. The second-order valence-corrected chi connectivity index (χ2v) is 5.69. The molecule has 0 fully saturated rings. The number of halogens is 2. The average Bonchev–Trinajstić information content (AvgIpc) is 2.65. The minimum Gasteiger partial charge on any atom is -0.271 e. The van der Waals surface area contributed by atoms with Crippen molar-refractivity contribution in [1.82, 2.24) is 15.2 Å². The van der Waals surface area contributed by atoms with Crippen LogP contribution in [0.1, 0.15) is 28.6 Å². The molecule has 0 bridgehead atoms. The highest BCUT2D eigenvalue weighted by molar-refractivity contribution is 6.32. The van der Waals surface area contributed by atoms with Gasteiger partial charge < -0.3 is 0 Å². The first-order chi connectivity index (χ1) is 9.43. The van der Waals surface area contributed by atoms with Gasteiger partial charge in [-0.2, -0.15) is 5.10 Å². The number of rotatable bonds is 4. The lowest BCUT2D eigenvalue weighted by atomic mass is 10.0. The van der Waals surface area contributed by atoms with E-state index < -0.39 is 0 Å². The van der Waals surface area contributed by atoms with Crippen LogP contribution in [0.4, 0.5) is 0 Å². The highest BCUT2D eigenvalue weighted by Crippen LogP contribution is 2.27. The molecule has 108 valence electrons. The maximum Gasteiger partial charge on any atom is 0.0847 e. The largest absolute Gasteiger partial charge is 0.271 e. The van der Waals surface area contributed by atoms with Gasteiger partial charge in [0, 0.05) is 18.5 Å². The number of aryl methyl sites for hydroxylation is 3. The van der Waals surface area contributed by atoms with Crippen molar-refractivity contribution in [1.29, 1.82) is 0 Å². The van der Waals surface area contributed by atoms with Crippen LogP contribution in [0.25, 0.3) is 0 Å². The lowest BCUT2D eigenvalue weighted by Crippen LogP contribution is -2.30. The number of aromatic nitrogens is 2. The van der Waals surface area contributed by atoms with Gasteiger partial charge in [0.05, 0.1) is 22.5 Å². The van der Waals surface area contributed by atoms with Crippen molar-refractivity contribution in [3.05, 3.63) is 50.8 Å². The maximum atomic E-state index is 6.28. The van der Waals surface area contributed by atoms with E-state index in [-0.39, 0.29) is 6.04 Å². The van der Waals surface area contributed by atoms with E-state index in [4.69, 9.17) is 29.0 Å². The second-order valence-electron chi connectivity index (χ2n) is 4.90. The van der Waals surface area contributed by atoms with E-state index in [1.807, 2.05) is 39.1 Å². The van der Waals surface area contributed by atoms with Crippen molar-refractivity contribution in [3.8, 4) is 0 Å². The van der Waals surface area contributed by atoms with E-state index >= 15 is 0 Å². The van der Waals surface area contributed by atoms with E-state index in [2.05, 4.69) is 10.5 Å². The van der Waals surface area contributed by atoms with Gasteiger partial charge in [0.2, 0.25) is 0 Å². The fourth-order valence-corrected chi connectivity index (χ4v) is 2.62. The Morgan fingerprint density at radius 2 is 2.05 bits per heavy atom. The number of nitrogens with two attached hydrogens (primary N) is 1. The van der Waals surface area contributed by atoms with Crippen molar-refractivity contribution in [2.24, 2.45) is 12.9 Å². The minimum atomic E-state index is -0.0691. The third-order valence-electron chi connectivity index (χ3n) is 3.46. The van der Waals surface area contributed by atoms with Gasteiger partial charge in [0.1, 0.15) is 0 Å². The molecule has 2 aromatic rings. The molecule has 0 aliphatic carbocycles. The molecule has 0 saturated carbocycles. The average molecular weight is 313 g/mol. The molecule has 0 aliphatic rings. The minimum absolute atomic E-state index is 0.0691. The van der Waals surface area contributed by atoms with Crippen LogP contribution in [0.5, 0.6) is 0 Å². The van der Waals surface area contributed by atoms with Gasteiger partial charge in [0.25, 0.3) is 0 Å². The van der Waals surface area contributed by atoms with Crippen LogP contribution in [0, 0.1) is 13.8 Å². The van der Waals surface area contributed by atoms with Gasteiger partial charge in [-0.25, -0.2) is 0 Å². The first-order valence-corrected chi connectivity index (χ1v) is 7.09. The van der Waals surface area contributed by atoms with Crippen LogP contribution < -0.4 is 11.3 Å². The van der Waals surface area contributed by atoms with E-state index in [1.54, 1.807) is 4.68 Å². The summed E-state index contributed by atoms with van der Waals surface area (Å²) >= 11 is 12.5. The summed E-state index contributed by atoms with van der Waals surface area (Å²) < 4.78 is 1.79. The standard InChI is InChI=1S/C14H18Cl2N4/c1-8-4-5-10(6-11(8)15)12(18-17)7-13-14(16)9(2)19-20(13)3/h4-6,12,18H,7,17H2,1-3H3. The first kappa shape index (κ1) is 15.3. The Kier molecular flexibility index (Phi) is 4.70.